The van der Waals surface area contributed by atoms with Crippen LogP contribution in [0.2, 0.25) is 0 Å². The zero-order valence-electron chi connectivity index (χ0n) is 12.3. The van der Waals surface area contributed by atoms with E-state index in [1.807, 2.05) is 25.2 Å². The summed E-state index contributed by atoms with van der Waals surface area (Å²) in [4.78, 5) is 16.2. The molecule has 112 valence electrons. The summed E-state index contributed by atoms with van der Waals surface area (Å²) in [6.45, 7) is 5.63. The van der Waals surface area contributed by atoms with E-state index in [2.05, 4.69) is 26.8 Å². The number of fused-ring (bicyclic) bond motifs is 1. The maximum Gasteiger partial charge on any atom is 0.242 e. The van der Waals surface area contributed by atoms with Crippen LogP contribution in [-0.4, -0.2) is 28.6 Å². The molecule has 1 atom stereocenters. The molecule has 0 radical (unpaired) electrons. The molecule has 0 saturated heterocycles. The second kappa shape index (κ2) is 5.99. The Bertz CT molecular complexity index is 634. The fourth-order valence-electron chi connectivity index (χ4n) is 2.78. The lowest BCUT2D eigenvalue weighted by Gasteiger charge is -2.32. The molecular weight excluding hydrogens is 286 g/mol. The molecule has 0 aromatic carbocycles. The molecule has 3 heterocycles. The predicted molar refractivity (Wildman–Crippen MR) is 82.4 cm³/mol. The van der Waals surface area contributed by atoms with E-state index in [9.17, 15) is 4.79 Å². The van der Waals surface area contributed by atoms with E-state index >= 15 is 0 Å². The molecule has 21 heavy (non-hydrogen) atoms. The van der Waals surface area contributed by atoms with Crippen LogP contribution < -0.4 is 5.32 Å². The maximum atomic E-state index is 12.5. The van der Waals surface area contributed by atoms with E-state index in [0.29, 0.717) is 11.6 Å². The van der Waals surface area contributed by atoms with E-state index in [1.165, 1.54) is 10.4 Å². The van der Waals surface area contributed by atoms with E-state index in [1.54, 1.807) is 6.07 Å². The second-order valence-electron chi connectivity index (χ2n) is 5.33. The molecule has 1 aliphatic heterocycles. The first-order chi connectivity index (χ1) is 10.2. The number of anilines is 1. The van der Waals surface area contributed by atoms with Crippen LogP contribution in [-0.2, 0) is 17.8 Å². The van der Waals surface area contributed by atoms with Crippen molar-refractivity contribution in [1.29, 1.82) is 0 Å². The van der Waals surface area contributed by atoms with Gasteiger partial charge in [-0.15, -0.1) is 11.3 Å². The van der Waals surface area contributed by atoms with Crippen molar-refractivity contribution in [2.24, 2.45) is 0 Å². The molecule has 2 aromatic heterocycles. The number of hydrogen-bond donors (Lipinski definition) is 1. The third-order valence-corrected chi connectivity index (χ3v) is 4.87. The van der Waals surface area contributed by atoms with Crippen LogP contribution in [0.25, 0.3) is 0 Å². The first kappa shape index (κ1) is 14.3. The van der Waals surface area contributed by atoms with Crippen molar-refractivity contribution >= 4 is 23.1 Å². The van der Waals surface area contributed by atoms with Gasteiger partial charge in [-0.25, -0.2) is 0 Å². The molecule has 0 bridgehead atoms. The van der Waals surface area contributed by atoms with Crippen molar-refractivity contribution in [3.05, 3.63) is 33.7 Å². The van der Waals surface area contributed by atoms with Crippen molar-refractivity contribution < 1.29 is 9.32 Å². The largest absolute Gasteiger partial charge is 0.360 e. The second-order valence-corrected chi connectivity index (χ2v) is 6.33. The number of aromatic nitrogens is 1. The number of nitrogens with zero attached hydrogens (tertiary/aromatic N) is 2. The van der Waals surface area contributed by atoms with Crippen LogP contribution in [0.1, 0.15) is 29.5 Å². The number of carbonyl (C=O) groups is 1. The number of rotatable bonds is 4. The molecule has 0 spiro atoms. The van der Waals surface area contributed by atoms with Gasteiger partial charge < -0.3 is 9.84 Å². The van der Waals surface area contributed by atoms with Gasteiger partial charge >= 0.3 is 0 Å². The number of aryl methyl sites for hydroxylation is 1. The van der Waals surface area contributed by atoms with Crippen molar-refractivity contribution in [2.45, 2.75) is 39.3 Å². The van der Waals surface area contributed by atoms with Gasteiger partial charge in [0.05, 0.1) is 6.04 Å². The zero-order chi connectivity index (χ0) is 14.8. The fraction of sp³-hybridized carbons (Fsp3) is 0.467. The highest BCUT2D eigenvalue weighted by Gasteiger charge is 2.28. The SMILES string of the molecule is CC[C@H](C(=O)Nc1cc(C)on1)N1CCc2sccc2C1. The summed E-state index contributed by atoms with van der Waals surface area (Å²) in [7, 11) is 0. The molecule has 3 rings (SSSR count). The van der Waals surface area contributed by atoms with Gasteiger partial charge in [0.25, 0.3) is 0 Å². The third-order valence-electron chi connectivity index (χ3n) is 3.85. The van der Waals surface area contributed by atoms with E-state index in [4.69, 9.17) is 4.52 Å². The van der Waals surface area contributed by atoms with Gasteiger partial charge in [-0.1, -0.05) is 12.1 Å². The standard InChI is InChI=1S/C15H19N3O2S/c1-3-12(15(19)16-14-8-10(2)20-17-14)18-6-4-13-11(9-18)5-7-21-13/h5,7-8,12H,3-4,6,9H2,1-2H3,(H,16,17,19)/t12-/m1/s1. The normalized spacial score (nSPS) is 16.5. The summed E-state index contributed by atoms with van der Waals surface area (Å²) in [5.74, 6) is 1.17. The van der Waals surface area contributed by atoms with Gasteiger partial charge in [0.2, 0.25) is 5.91 Å². The van der Waals surface area contributed by atoms with Crippen LogP contribution in [0.3, 0.4) is 0 Å². The fourth-order valence-corrected chi connectivity index (χ4v) is 3.67. The minimum Gasteiger partial charge on any atom is -0.360 e. The summed E-state index contributed by atoms with van der Waals surface area (Å²) in [6.07, 6.45) is 1.81. The van der Waals surface area contributed by atoms with Gasteiger partial charge in [-0.05, 0) is 36.8 Å². The highest BCUT2D eigenvalue weighted by molar-refractivity contribution is 7.10. The lowest BCUT2D eigenvalue weighted by Crippen LogP contribution is -2.45. The van der Waals surface area contributed by atoms with Gasteiger partial charge in [0.1, 0.15) is 5.76 Å². The first-order valence-corrected chi connectivity index (χ1v) is 8.09. The molecule has 1 amide bonds. The smallest absolute Gasteiger partial charge is 0.242 e. The minimum absolute atomic E-state index is 0.00974. The Morgan fingerprint density at radius 3 is 3.19 bits per heavy atom. The Balaban J connectivity index is 1.69. The van der Waals surface area contributed by atoms with E-state index in [-0.39, 0.29) is 11.9 Å². The summed E-state index contributed by atoms with van der Waals surface area (Å²) in [5.41, 5.74) is 1.36. The average molecular weight is 305 g/mol. The van der Waals surface area contributed by atoms with Crippen LogP contribution in [0.5, 0.6) is 0 Å². The Kier molecular flexibility index (Phi) is 4.07. The van der Waals surface area contributed by atoms with Gasteiger partial charge in [-0.3, -0.25) is 9.69 Å². The van der Waals surface area contributed by atoms with Crippen molar-refractivity contribution in [1.82, 2.24) is 10.1 Å². The van der Waals surface area contributed by atoms with Crippen molar-refractivity contribution in [3.8, 4) is 0 Å². The van der Waals surface area contributed by atoms with E-state index < -0.39 is 0 Å². The molecule has 6 heteroatoms. The predicted octanol–water partition coefficient (Wildman–Crippen LogP) is 2.82. The highest BCUT2D eigenvalue weighted by Crippen LogP contribution is 2.26. The Morgan fingerprint density at radius 1 is 1.62 bits per heavy atom. The first-order valence-electron chi connectivity index (χ1n) is 7.21. The molecule has 1 N–H and O–H groups in total. The number of nitrogens with one attached hydrogen (secondary N) is 1. The van der Waals surface area contributed by atoms with Crippen molar-refractivity contribution in [2.75, 3.05) is 11.9 Å². The Hall–Kier alpha value is -1.66. The maximum absolute atomic E-state index is 12.5. The number of thiophene rings is 1. The van der Waals surface area contributed by atoms with Crippen LogP contribution >= 0.6 is 11.3 Å². The highest BCUT2D eigenvalue weighted by atomic mass is 32.1. The zero-order valence-corrected chi connectivity index (χ0v) is 13.1. The monoisotopic (exact) mass is 305 g/mol. The van der Waals surface area contributed by atoms with Gasteiger partial charge in [0.15, 0.2) is 5.82 Å². The van der Waals surface area contributed by atoms with Gasteiger partial charge in [-0.2, -0.15) is 0 Å². The van der Waals surface area contributed by atoms with Crippen LogP contribution in [0, 0.1) is 6.92 Å². The number of amides is 1. The molecule has 5 nitrogen and oxygen atoms in total. The molecule has 1 aliphatic rings. The van der Waals surface area contributed by atoms with Crippen LogP contribution in [0.4, 0.5) is 5.82 Å². The molecule has 2 aromatic rings. The molecule has 0 fully saturated rings. The summed E-state index contributed by atoms with van der Waals surface area (Å²) in [5, 5.41) is 8.80. The third kappa shape index (κ3) is 3.01. The lowest BCUT2D eigenvalue weighted by atomic mass is 10.1. The van der Waals surface area contributed by atoms with Gasteiger partial charge in [0, 0.05) is 24.0 Å². The molecule has 0 saturated carbocycles. The van der Waals surface area contributed by atoms with Crippen LogP contribution in [0.15, 0.2) is 22.0 Å². The average Bonchev–Trinajstić information content (AvgIpc) is 3.08. The Morgan fingerprint density at radius 2 is 2.48 bits per heavy atom. The molecule has 0 unspecified atom stereocenters. The number of hydrogen-bond acceptors (Lipinski definition) is 5. The summed E-state index contributed by atoms with van der Waals surface area (Å²) in [6, 6.07) is 3.77. The molecule has 0 aliphatic carbocycles. The quantitative estimate of drug-likeness (QED) is 0.943. The summed E-state index contributed by atoms with van der Waals surface area (Å²) >= 11 is 1.81. The number of carbonyl (C=O) groups excluding carboxylic acids is 1. The van der Waals surface area contributed by atoms with Crippen molar-refractivity contribution in [3.63, 3.8) is 0 Å². The Labute approximate surface area is 127 Å². The summed E-state index contributed by atoms with van der Waals surface area (Å²) < 4.78 is 4.98. The minimum atomic E-state index is -0.130. The lowest BCUT2D eigenvalue weighted by molar-refractivity contribution is -0.121. The molecular formula is C15H19N3O2S. The topological polar surface area (TPSA) is 58.4 Å². The van der Waals surface area contributed by atoms with E-state index in [0.717, 1.165) is 25.9 Å².